The minimum atomic E-state index is -0.282. The van der Waals surface area contributed by atoms with Crippen LogP contribution in [0.4, 0.5) is 4.79 Å². The maximum Gasteiger partial charge on any atom is 0.315 e. The fourth-order valence-corrected chi connectivity index (χ4v) is 4.11. The zero-order chi connectivity index (χ0) is 23.0. The summed E-state index contributed by atoms with van der Waals surface area (Å²) < 4.78 is 1.68. The molecule has 3 amide bonds. The van der Waals surface area contributed by atoms with Crippen LogP contribution in [-0.4, -0.2) is 44.7 Å². The Morgan fingerprint density at radius 1 is 1.00 bits per heavy atom. The molecule has 0 spiro atoms. The average molecular weight is 447 g/mol. The molecule has 1 saturated heterocycles. The number of carbonyl (C=O) groups is 2. The van der Waals surface area contributed by atoms with Crippen LogP contribution in [0.5, 0.6) is 0 Å². The molecule has 0 saturated carbocycles. The number of carbonyl (C=O) groups excluding carboxylic acids is 2. The Morgan fingerprint density at radius 3 is 2.52 bits per heavy atom. The quantitative estimate of drug-likeness (QED) is 0.578. The van der Waals surface area contributed by atoms with Crippen molar-refractivity contribution in [2.24, 2.45) is 0 Å². The highest BCUT2D eigenvalue weighted by Crippen LogP contribution is 2.19. The Labute approximate surface area is 194 Å². The van der Waals surface area contributed by atoms with Gasteiger partial charge in [-0.25, -0.2) is 14.5 Å². The van der Waals surface area contributed by atoms with Gasteiger partial charge in [0.25, 0.3) is 0 Å². The summed E-state index contributed by atoms with van der Waals surface area (Å²) in [6.07, 6.45) is 6.72. The molecule has 172 valence electrons. The first-order valence-electron chi connectivity index (χ1n) is 11.4. The van der Waals surface area contributed by atoms with E-state index in [9.17, 15) is 9.59 Å². The summed E-state index contributed by atoms with van der Waals surface area (Å²) in [4.78, 5) is 31.3. The van der Waals surface area contributed by atoms with Gasteiger partial charge in [-0.15, -0.1) is 0 Å². The summed E-state index contributed by atoms with van der Waals surface area (Å²) in [5.41, 5.74) is 2.86. The largest absolute Gasteiger partial charge is 0.340 e. The number of likely N-dealkylation sites (tertiary alicyclic amines) is 1. The van der Waals surface area contributed by atoms with E-state index in [-0.39, 0.29) is 24.0 Å². The highest BCUT2D eigenvalue weighted by molar-refractivity contribution is 5.77. The molecule has 1 aliphatic heterocycles. The highest BCUT2D eigenvalue weighted by Gasteiger charge is 2.23. The van der Waals surface area contributed by atoms with Crippen LogP contribution in [-0.2, 0) is 4.79 Å². The Hall–Kier alpha value is -3.68. The van der Waals surface area contributed by atoms with E-state index in [0.29, 0.717) is 13.0 Å². The van der Waals surface area contributed by atoms with E-state index in [1.54, 1.807) is 11.0 Å². The van der Waals surface area contributed by atoms with Crippen molar-refractivity contribution in [3.05, 3.63) is 78.4 Å². The zero-order valence-corrected chi connectivity index (χ0v) is 18.9. The van der Waals surface area contributed by atoms with Crippen LogP contribution in [0.3, 0.4) is 0 Å². The third-order valence-electron chi connectivity index (χ3n) is 6.01. The summed E-state index contributed by atoms with van der Waals surface area (Å²) in [6.45, 7) is 3.15. The van der Waals surface area contributed by atoms with Gasteiger partial charge in [0.2, 0.25) is 5.91 Å². The summed E-state index contributed by atoms with van der Waals surface area (Å²) in [6, 6.07) is 16.9. The molecule has 8 nitrogen and oxygen atoms in total. The van der Waals surface area contributed by atoms with Crippen LogP contribution in [0.1, 0.15) is 55.8 Å². The molecule has 0 bridgehead atoms. The smallest absolute Gasteiger partial charge is 0.315 e. The summed E-state index contributed by atoms with van der Waals surface area (Å²) >= 11 is 0. The number of nitrogens with one attached hydrogen (secondary N) is 2. The molecular weight excluding hydrogens is 416 g/mol. The number of amides is 3. The molecule has 1 aliphatic rings. The Bertz CT molecular complexity index is 1040. The van der Waals surface area contributed by atoms with Crippen LogP contribution in [0.2, 0.25) is 0 Å². The fraction of sp³-hybridized carbons (Fsp3) is 0.360. The van der Waals surface area contributed by atoms with Gasteiger partial charge in [-0.2, -0.15) is 5.10 Å². The minimum absolute atomic E-state index is 0.163. The van der Waals surface area contributed by atoms with Crippen molar-refractivity contribution in [1.29, 1.82) is 0 Å². The van der Waals surface area contributed by atoms with Crippen molar-refractivity contribution in [2.45, 2.75) is 44.7 Å². The third-order valence-corrected chi connectivity index (χ3v) is 6.01. The first-order valence-corrected chi connectivity index (χ1v) is 11.4. The average Bonchev–Trinajstić information content (AvgIpc) is 3.30. The molecule has 2 unspecified atom stereocenters. The first kappa shape index (κ1) is 22.5. The van der Waals surface area contributed by atoms with Gasteiger partial charge in [0.05, 0.1) is 17.8 Å². The van der Waals surface area contributed by atoms with E-state index in [1.165, 1.54) is 6.33 Å². The molecule has 0 radical (unpaired) electrons. The predicted molar refractivity (Wildman–Crippen MR) is 126 cm³/mol. The van der Waals surface area contributed by atoms with Gasteiger partial charge in [-0.1, -0.05) is 48.9 Å². The van der Waals surface area contributed by atoms with E-state index < -0.39 is 0 Å². The SMILES string of the molecule is CC(NC(=O)NC(CN1CCCCCC1=O)c1ccccc1)c1ccc(-n2cncn2)cc1. The highest BCUT2D eigenvalue weighted by atomic mass is 16.2. The first-order chi connectivity index (χ1) is 16.1. The lowest BCUT2D eigenvalue weighted by atomic mass is 10.1. The molecule has 3 aromatic rings. The van der Waals surface area contributed by atoms with Crippen LogP contribution in [0, 0.1) is 0 Å². The molecule has 2 N–H and O–H groups in total. The molecule has 33 heavy (non-hydrogen) atoms. The number of nitrogens with zero attached hydrogens (tertiary/aromatic N) is 4. The van der Waals surface area contributed by atoms with Crippen molar-refractivity contribution >= 4 is 11.9 Å². The second kappa shape index (κ2) is 10.8. The lowest BCUT2D eigenvalue weighted by Gasteiger charge is -2.28. The zero-order valence-electron chi connectivity index (χ0n) is 18.9. The molecule has 8 heteroatoms. The predicted octanol–water partition coefficient (Wildman–Crippen LogP) is 3.77. The van der Waals surface area contributed by atoms with Gasteiger partial charge < -0.3 is 15.5 Å². The molecule has 1 aromatic heterocycles. The summed E-state index contributed by atoms with van der Waals surface area (Å²) in [5.74, 6) is 0.163. The van der Waals surface area contributed by atoms with Crippen molar-refractivity contribution in [1.82, 2.24) is 30.3 Å². The monoisotopic (exact) mass is 446 g/mol. The van der Waals surface area contributed by atoms with Gasteiger partial charge in [0.1, 0.15) is 12.7 Å². The molecule has 1 fully saturated rings. The molecule has 2 heterocycles. The van der Waals surface area contributed by atoms with E-state index in [1.807, 2.05) is 66.4 Å². The number of hydrogen-bond donors (Lipinski definition) is 2. The van der Waals surface area contributed by atoms with Crippen molar-refractivity contribution in [2.75, 3.05) is 13.1 Å². The Morgan fingerprint density at radius 2 is 1.79 bits per heavy atom. The minimum Gasteiger partial charge on any atom is -0.340 e. The van der Waals surface area contributed by atoms with E-state index in [4.69, 9.17) is 0 Å². The van der Waals surface area contributed by atoms with Gasteiger partial charge in [-0.3, -0.25) is 4.79 Å². The Kier molecular flexibility index (Phi) is 7.34. The van der Waals surface area contributed by atoms with Gasteiger partial charge in [0, 0.05) is 19.5 Å². The van der Waals surface area contributed by atoms with Crippen molar-refractivity contribution in [3.8, 4) is 5.69 Å². The van der Waals surface area contributed by atoms with E-state index >= 15 is 0 Å². The van der Waals surface area contributed by atoms with Crippen molar-refractivity contribution < 1.29 is 9.59 Å². The number of urea groups is 1. The third kappa shape index (κ3) is 5.97. The standard InChI is InChI=1S/C25H30N6O2/c1-19(20-11-13-22(14-12-20)31-18-26-17-27-31)28-25(33)29-23(21-8-4-2-5-9-21)16-30-15-7-3-6-10-24(30)32/h2,4-5,8-9,11-14,17-19,23H,3,6-7,10,15-16H2,1H3,(H2,28,29,33). The molecule has 4 rings (SSSR count). The van der Waals surface area contributed by atoms with Crippen LogP contribution < -0.4 is 10.6 Å². The molecule has 2 atom stereocenters. The molecule has 0 aliphatic carbocycles. The van der Waals surface area contributed by atoms with Crippen LogP contribution >= 0.6 is 0 Å². The lowest BCUT2D eigenvalue weighted by Crippen LogP contribution is -2.44. The maximum atomic E-state index is 12.9. The van der Waals surface area contributed by atoms with E-state index in [2.05, 4.69) is 20.7 Å². The van der Waals surface area contributed by atoms with Gasteiger partial charge >= 0.3 is 6.03 Å². The topological polar surface area (TPSA) is 92.2 Å². The maximum absolute atomic E-state index is 12.9. The van der Waals surface area contributed by atoms with Crippen molar-refractivity contribution in [3.63, 3.8) is 0 Å². The second-order valence-electron chi connectivity index (χ2n) is 8.38. The second-order valence-corrected chi connectivity index (χ2v) is 8.38. The fourth-order valence-electron chi connectivity index (χ4n) is 4.11. The van der Waals surface area contributed by atoms with Gasteiger partial charge in [-0.05, 0) is 43.0 Å². The molecular formula is C25H30N6O2. The summed E-state index contributed by atoms with van der Waals surface area (Å²) in [7, 11) is 0. The normalized spacial score (nSPS) is 16.0. The van der Waals surface area contributed by atoms with Crippen LogP contribution in [0.25, 0.3) is 5.69 Å². The molecule has 2 aromatic carbocycles. The Balaban J connectivity index is 1.41. The number of aromatic nitrogens is 3. The number of hydrogen-bond acceptors (Lipinski definition) is 4. The summed E-state index contributed by atoms with van der Waals surface area (Å²) in [5, 5.41) is 10.2. The number of rotatable bonds is 7. The van der Waals surface area contributed by atoms with E-state index in [0.717, 1.165) is 42.6 Å². The van der Waals surface area contributed by atoms with Gasteiger partial charge in [0.15, 0.2) is 0 Å². The lowest BCUT2D eigenvalue weighted by molar-refractivity contribution is -0.131. The number of benzene rings is 2. The van der Waals surface area contributed by atoms with Crippen LogP contribution in [0.15, 0.2) is 67.3 Å².